The molecule has 0 saturated heterocycles. The van der Waals surface area contributed by atoms with E-state index in [-0.39, 0.29) is 5.54 Å². The van der Waals surface area contributed by atoms with Crippen molar-refractivity contribution in [1.82, 2.24) is 20.0 Å². The number of aryl methyl sites for hydroxylation is 1. The van der Waals surface area contributed by atoms with E-state index >= 15 is 0 Å². The molecule has 0 aliphatic rings. The molecule has 122 valence electrons. The average Bonchev–Trinajstić information content (AvgIpc) is 2.98. The van der Waals surface area contributed by atoms with E-state index in [1.807, 2.05) is 10.9 Å². The van der Waals surface area contributed by atoms with Crippen LogP contribution in [0.2, 0.25) is 0 Å². The zero-order valence-electron chi connectivity index (χ0n) is 14.8. The first-order valence-electron chi connectivity index (χ1n) is 8.55. The van der Waals surface area contributed by atoms with E-state index in [0.717, 1.165) is 26.1 Å². The van der Waals surface area contributed by atoms with Crippen LogP contribution in [-0.4, -0.2) is 46.4 Å². The number of nitrogens with one attached hydrogen (secondary N) is 1. The van der Waals surface area contributed by atoms with Crippen LogP contribution in [-0.2, 0) is 13.0 Å². The molecule has 0 aromatic carbocycles. The fourth-order valence-electron chi connectivity index (χ4n) is 3.74. The van der Waals surface area contributed by atoms with Crippen molar-refractivity contribution in [2.75, 3.05) is 20.1 Å². The van der Waals surface area contributed by atoms with Crippen LogP contribution in [0.5, 0.6) is 0 Å². The quantitative estimate of drug-likeness (QED) is 0.720. The van der Waals surface area contributed by atoms with Crippen molar-refractivity contribution >= 4 is 0 Å². The van der Waals surface area contributed by atoms with Crippen molar-refractivity contribution < 1.29 is 0 Å². The SMILES string of the molecule is CCN(CC)C(CC)(CC)C(Cc1cnn(CC)c1)NC. The predicted octanol–water partition coefficient (Wildman–Crippen LogP) is 2.93. The van der Waals surface area contributed by atoms with Crippen molar-refractivity contribution in [3.63, 3.8) is 0 Å². The molecule has 1 N–H and O–H groups in total. The van der Waals surface area contributed by atoms with Crippen molar-refractivity contribution in [2.24, 2.45) is 0 Å². The Kier molecular flexibility index (Phi) is 7.40. The minimum absolute atomic E-state index is 0.215. The summed E-state index contributed by atoms with van der Waals surface area (Å²) in [6.45, 7) is 14.5. The molecule has 1 heterocycles. The van der Waals surface area contributed by atoms with E-state index in [4.69, 9.17) is 0 Å². The Morgan fingerprint density at radius 2 is 1.81 bits per heavy atom. The predicted molar refractivity (Wildman–Crippen MR) is 90.7 cm³/mol. The molecule has 0 fully saturated rings. The Bertz CT molecular complexity index is 391. The maximum Gasteiger partial charge on any atom is 0.0522 e. The monoisotopic (exact) mass is 294 g/mol. The van der Waals surface area contributed by atoms with Gasteiger partial charge in [0.25, 0.3) is 0 Å². The fraction of sp³-hybridized carbons (Fsp3) is 0.824. The molecule has 1 aromatic rings. The van der Waals surface area contributed by atoms with E-state index < -0.39 is 0 Å². The van der Waals surface area contributed by atoms with Crippen molar-refractivity contribution in [1.29, 1.82) is 0 Å². The van der Waals surface area contributed by atoms with Gasteiger partial charge in [0.2, 0.25) is 0 Å². The molecule has 0 saturated carbocycles. The van der Waals surface area contributed by atoms with Crippen molar-refractivity contribution in [3.8, 4) is 0 Å². The summed E-state index contributed by atoms with van der Waals surface area (Å²) in [5.74, 6) is 0. The maximum atomic E-state index is 4.42. The van der Waals surface area contributed by atoms with Crippen LogP contribution in [0.4, 0.5) is 0 Å². The van der Waals surface area contributed by atoms with E-state index in [9.17, 15) is 0 Å². The Balaban J connectivity index is 3.01. The van der Waals surface area contributed by atoms with Gasteiger partial charge in [-0.25, -0.2) is 0 Å². The second-order valence-electron chi connectivity index (χ2n) is 5.73. The van der Waals surface area contributed by atoms with Crippen LogP contribution >= 0.6 is 0 Å². The first-order chi connectivity index (χ1) is 10.1. The molecule has 0 radical (unpaired) electrons. The van der Waals surface area contributed by atoms with Crippen molar-refractivity contribution in [2.45, 2.75) is 72.0 Å². The van der Waals surface area contributed by atoms with E-state index in [2.05, 4.69) is 63.2 Å². The zero-order valence-corrected chi connectivity index (χ0v) is 14.8. The molecule has 0 aliphatic heterocycles. The molecule has 0 spiro atoms. The maximum absolute atomic E-state index is 4.42. The smallest absolute Gasteiger partial charge is 0.0522 e. The first-order valence-corrected chi connectivity index (χ1v) is 8.55. The summed E-state index contributed by atoms with van der Waals surface area (Å²) in [6.07, 6.45) is 7.57. The summed E-state index contributed by atoms with van der Waals surface area (Å²) in [5, 5.41) is 8.01. The Morgan fingerprint density at radius 1 is 1.19 bits per heavy atom. The molecule has 0 amide bonds. The van der Waals surface area contributed by atoms with Gasteiger partial charge < -0.3 is 5.32 Å². The van der Waals surface area contributed by atoms with Gasteiger partial charge in [-0.05, 0) is 51.9 Å². The Labute approximate surface area is 130 Å². The number of hydrogen-bond donors (Lipinski definition) is 1. The summed E-state index contributed by atoms with van der Waals surface area (Å²) in [5.41, 5.74) is 1.54. The third-order valence-electron chi connectivity index (χ3n) is 5.07. The third kappa shape index (κ3) is 3.86. The molecule has 21 heavy (non-hydrogen) atoms. The van der Waals surface area contributed by atoms with Gasteiger partial charge in [-0.15, -0.1) is 0 Å². The minimum Gasteiger partial charge on any atom is -0.315 e. The molecular weight excluding hydrogens is 260 g/mol. The van der Waals surface area contributed by atoms with Gasteiger partial charge in [-0.2, -0.15) is 5.10 Å². The number of likely N-dealkylation sites (N-methyl/N-ethyl adjacent to an activating group) is 2. The lowest BCUT2D eigenvalue weighted by Gasteiger charge is -2.48. The fourth-order valence-corrected chi connectivity index (χ4v) is 3.74. The second-order valence-corrected chi connectivity index (χ2v) is 5.73. The zero-order chi connectivity index (χ0) is 15.9. The van der Waals surface area contributed by atoms with Gasteiger partial charge in [0.1, 0.15) is 0 Å². The normalized spacial score (nSPS) is 13.9. The standard InChI is InChI=1S/C17H34N4/c1-7-17(8-2,20(9-3)10-4)16(18-6)12-15-13-19-21(11-5)14-15/h13-14,16,18H,7-12H2,1-6H3. The minimum atomic E-state index is 0.215. The van der Waals surface area contributed by atoms with Gasteiger partial charge in [-0.1, -0.05) is 27.7 Å². The lowest BCUT2D eigenvalue weighted by atomic mass is 9.80. The summed E-state index contributed by atoms with van der Waals surface area (Å²) in [7, 11) is 2.10. The molecule has 0 aliphatic carbocycles. The van der Waals surface area contributed by atoms with Crippen LogP contribution in [0.3, 0.4) is 0 Å². The number of nitrogens with zero attached hydrogens (tertiary/aromatic N) is 3. The van der Waals surface area contributed by atoms with Gasteiger partial charge in [0.15, 0.2) is 0 Å². The van der Waals surface area contributed by atoms with Crippen LogP contribution < -0.4 is 5.32 Å². The van der Waals surface area contributed by atoms with Gasteiger partial charge >= 0.3 is 0 Å². The Hall–Kier alpha value is -0.870. The third-order valence-corrected chi connectivity index (χ3v) is 5.07. The molecule has 0 bridgehead atoms. The average molecular weight is 294 g/mol. The lowest BCUT2D eigenvalue weighted by molar-refractivity contribution is 0.0519. The lowest BCUT2D eigenvalue weighted by Crippen LogP contribution is -2.61. The van der Waals surface area contributed by atoms with E-state index in [1.165, 1.54) is 18.4 Å². The van der Waals surface area contributed by atoms with E-state index in [1.54, 1.807) is 0 Å². The summed E-state index contributed by atoms with van der Waals surface area (Å²) >= 11 is 0. The highest BCUT2D eigenvalue weighted by molar-refractivity contribution is 5.11. The summed E-state index contributed by atoms with van der Waals surface area (Å²) in [4.78, 5) is 2.62. The summed E-state index contributed by atoms with van der Waals surface area (Å²) < 4.78 is 2.01. The first kappa shape index (κ1) is 18.2. The second kappa shape index (κ2) is 8.54. The van der Waals surface area contributed by atoms with Crippen LogP contribution in [0.15, 0.2) is 12.4 Å². The highest BCUT2D eigenvalue weighted by atomic mass is 15.3. The molecule has 4 nitrogen and oxygen atoms in total. The molecule has 1 atom stereocenters. The molecule has 1 aromatic heterocycles. The van der Waals surface area contributed by atoms with Crippen LogP contribution in [0.25, 0.3) is 0 Å². The van der Waals surface area contributed by atoms with Crippen LogP contribution in [0, 0.1) is 0 Å². The number of aromatic nitrogens is 2. The molecule has 1 rings (SSSR count). The topological polar surface area (TPSA) is 33.1 Å². The van der Waals surface area contributed by atoms with Gasteiger partial charge in [0.05, 0.1) is 6.20 Å². The summed E-state index contributed by atoms with van der Waals surface area (Å²) in [6, 6.07) is 0.446. The highest BCUT2D eigenvalue weighted by Gasteiger charge is 2.39. The van der Waals surface area contributed by atoms with Gasteiger partial charge in [0, 0.05) is 24.3 Å². The largest absolute Gasteiger partial charge is 0.315 e. The highest BCUT2D eigenvalue weighted by Crippen LogP contribution is 2.29. The van der Waals surface area contributed by atoms with E-state index in [0.29, 0.717) is 6.04 Å². The molecule has 1 unspecified atom stereocenters. The number of rotatable bonds is 10. The van der Waals surface area contributed by atoms with Crippen LogP contribution in [0.1, 0.15) is 53.0 Å². The Morgan fingerprint density at radius 3 is 2.19 bits per heavy atom. The number of hydrogen-bond acceptors (Lipinski definition) is 3. The molecular formula is C17H34N4. The van der Waals surface area contributed by atoms with Crippen molar-refractivity contribution in [3.05, 3.63) is 18.0 Å². The molecule has 4 heteroatoms. The van der Waals surface area contributed by atoms with Gasteiger partial charge in [-0.3, -0.25) is 9.58 Å².